The normalized spacial score (nSPS) is 23.4. The van der Waals surface area contributed by atoms with Crippen LogP contribution in [0.1, 0.15) is 16.9 Å². The highest BCUT2D eigenvalue weighted by atomic mass is 35.5. The predicted molar refractivity (Wildman–Crippen MR) is 87.6 cm³/mol. The maximum Gasteiger partial charge on any atom is 0.270 e. The van der Waals surface area contributed by atoms with E-state index in [-0.39, 0.29) is 29.8 Å². The predicted octanol–water partition coefficient (Wildman–Crippen LogP) is 1.38. The Bertz CT molecular complexity index is 773. The second-order valence-electron chi connectivity index (χ2n) is 5.87. The lowest BCUT2D eigenvalue weighted by Gasteiger charge is -2.23. The van der Waals surface area contributed by atoms with E-state index in [1.807, 2.05) is 23.1 Å². The zero-order chi connectivity index (χ0) is 14.4. The molecule has 2 N–H and O–H groups in total. The van der Waals surface area contributed by atoms with Gasteiger partial charge in [0.05, 0.1) is 0 Å². The number of hydrogen-bond donors (Lipinski definition) is 2. The van der Waals surface area contributed by atoms with Gasteiger partial charge in [-0.2, -0.15) is 0 Å². The van der Waals surface area contributed by atoms with Crippen LogP contribution in [0.2, 0.25) is 0 Å². The van der Waals surface area contributed by atoms with Crippen molar-refractivity contribution in [2.75, 3.05) is 19.6 Å². The van der Waals surface area contributed by atoms with Crippen LogP contribution >= 0.6 is 12.4 Å². The van der Waals surface area contributed by atoms with Crippen LogP contribution in [0, 0.1) is 5.92 Å². The summed E-state index contributed by atoms with van der Waals surface area (Å²) in [7, 11) is 0. The first kappa shape index (κ1) is 15.1. The van der Waals surface area contributed by atoms with Crippen LogP contribution in [0.3, 0.4) is 0 Å². The number of rotatable bonds is 1. The van der Waals surface area contributed by atoms with Gasteiger partial charge in [-0.15, -0.1) is 12.4 Å². The minimum absolute atomic E-state index is 0. The fourth-order valence-corrected chi connectivity index (χ4v) is 3.57. The molecule has 0 bridgehead atoms. The minimum Gasteiger partial charge on any atom is -0.350 e. The van der Waals surface area contributed by atoms with Crippen molar-refractivity contribution in [3.8, 4) is 0 Å². The fourth-order valence-electron chi connectivity index (χ4n) is 3.57. The van der Waals surface area contributed by atoms with Crippen LogP contribution in [-0.4, -0.2) is 41.5 Å². The number of nitrogens with one attached hydrogen (secondary N) is 2. The van der Waals surface area contributed by atoms with Crippen molar-refractivity contribution in [1.29, 1.82) is 0 Å². The van der Waals surface area contributed by atoms with Gasteiger partial charge in [0.25, 0.3) is 5.91 Å². The number of pyridine rings is 1. The number of aromatic amines is 1. The molecule has 3 heterocycles. The molecule has 2 saturated heterocycles. The number of carbonyl (C=O) groups is 1. The first-order valence-corrected chi connectivity index (χ1v) is 7.38. The number of carbonyl (C=O) groups excluding carboxylic acids is 1. The number of nitrogens with zero attached hydrogens (tertiary/aromatic N) is 1. The molecular weight excluding hydrogens is 302 g/mol. The molecule has 1 aromatic heterocycles. The molecule has 0 spiro atoms. The molecule has 22 heavy (non-hydrogen) atoms. The van der Waals surface area contributed by atoms with Gasteiger partial charge >= 0.3 is 0 Å². The van der Waals surface area contributed by atoms with Crippen molar-refractivity contribution < 1.29 is 4.79 Å². The number of amides is 1. The lowest BCUT2D eigenvalue weighted by Crippen LogP contribution is -2.39. The molecule has 4 rings (SSSR count). The molecular formula is C16H18ClN3O2. The van der Waals surface area contributed by atoms with E-state index < -0.39 is 0 Å². The van der Waals surface area contributed by atoms with Crippen molar-refractivity contribution in [3.63, 3.8) is 0 Å². The summed E-state index contributed by atoms with van der Waals surface area (Å²) in [6.07, 6.45) is 1.04. The van der Waals surface area contributed by atoms with E-state index in [1.165, 1.54) is 6.07 Å². The van der Waals surface area contributed by atoms with Crippen LogP contribution in [-0.2, 0) is 0 Å². The molecule has 2 aromatic rings. The number of H-pyrrole nitrogens is 1. The van der Waals surface area contributed by atoms with Crippen LogP contribution in [0.4, 0.5) is 0 Å². The molecule has 6 heteroatoms. The summed E-state index contributed by atoms with van der Waals surface area (Å²) >= 11 is 0. The monoisotopic (exact) mass is 319 g/mol. The van der Waals surface area contributed by atoms with Crippen LogP contribution in [0.25, 0.3) is 10.9 Å². The summed E-state index contributed by atoms with van der Waals surface area (Å²) in [5.41, 5.74) is 1.01. The lowest BCUT2D eigenvalue weighted by atomic mass is 10.1. The Balaban J connectivity index is 0.00000144. The Morgan fingerprint density at radius 1 is 1.23 bits per heavy atom. The number of hydrogen-bond acceptors (Lipinski definition) is 3. The summed E-state index contributed by atoms with van der Waals surface area (Å²) in [4.78, 5) is 29.9. The van der Waals surface area contributed by atoms with Gasteiger partial charge in [0.2, 0.25) is 0 Å². The van der Waals surface area contributed by atoms with Crippen molar-refractivity contribution in [3.05, 3.63) is 46.2 Å². The van der Waals surface area contributed by atoms with Crippen molar-refractivity contribution >= 4 is 29.2 Å². The maximum atomic E-state index is 12.7. The number of halogens is 1. The molecule has 2 aliphatic rings. The standard InChI is InChI=1S/C16H17N3O2.ClH/c20-15-7-13(18-12-4-2-1-3-11(12)15)16(21)19-6-5-10-8-17-9-14(10)19;/h1-4,7,10,14,17H,5-6,8-9H2,(H,18,20);1H/t10-,14+;/m0./s1. The van der Waals surface area contributed by atoms with E-state index in [1.54, 1.807) is 6.07 Å². The average Bonchev–Trinajstić information content (AvgIpc) is 3.09. The van der Waals surface area contributed by atoms with Crippen molar-refractivity contribution in [1.82, 2.24) is 15.2 Å². The first-order valence-electron chi connectivity index (χ1n) is 7.38. The minimum atomic E-state index is -0.104. The fraction of sp³-hybridized carbons (Fsp3) is 0.375. The maximum absolute atomic E-state index is 12.7. The Morgan fingerprint density at radius 2 is 2.05 bits per heavy atom. The Labute approximate surface area is 134 Å². The van der Waals surface area contributed by atoms with Crippen LogP contribution < -0.4 is 10.7 Å². The Kier molecular flexibility index (Phi) is 3.93. The highest BCUT2D eigenvalue weighted by Gasteiger charge is 2.40. The summed E-state index contributed by atoms with van der Waals surface area (Å²) in [5, 5.41) is 3.96. The number of para-hydroxylation sites is 1. The second-order valence-corrected chi connectivity index (χ2v) is 5.87. The molecule has 116 valence electrons. The third-order valence-electron chi connectivity index (χ3n) is 4.67. The van der Waals surface area contributed by atoms with Gasteiger partial charge in [-0.25, -0.2) is 0 Å². The number of fused-ring (bicyclic) bond motifs is 2. The summed E-state index contributed by atoms with van der Waals surface area (Å²) < 4.78 is 0. The van der Waals surface area contributed by atoms with Gasteiger partial charge in [-0.1, -0.05) is 12.1 Å². The second kappa shape index (κ2) is 5.74. The average molecular weight is 320 g/mol. The highest BCUT2D eigenvalue weighted by Crippen LogP contribution is 2.28. The SMILES string of the molecule is Cl.O=C(c1cc(=O)c2ccccc2[nH]1)N1CC[C@H]2CNC[C@H]21. The van der Waals surface area contributed by atoms with Crippen molar-refractivity contribution in [2.24, 2.45) is 5.92 Å². The van der Waals surface area contributed by atoms with Crippen LogP contribution in [0.15, 0.2) is 35.1 Å². The molecule has 5 nitrogen and oxygen atoms in total. The molecule has 2 aliphatic heterocycles. The molecule has 1 aromatic carbocycles. The molecule has 0 unspecified atom stereocenters. The topological polar surface area (TPSA) is 65.2 Å². The van der Waals surface area contributed by atoms with Gasteiger partial charge in [0.15, 0.2) is 5.43 Å². The Hall–Kier alpha value is -1.85. The van der Waals surface area contributed by atoms with E-state index >= 15 is 0 Å². The highest BCUT2D eigenvalue weighted by molar-refractivity contribution is 5.95. The largest absolute Gasteiger partial charge is 0.350 e. The summed E-state index contributed by atoms with van der Waals surface area (Å²) in [6.45, 7) is 2.63. The molecule has 0 radical (unpaired) electrons. The molecule has 2 atom stereocenters. The Morgan fingerprint density at radius 3 is 2.91 bits per heavy atom. The van der Waals surface area contributed by atoms with Gasteiger partial charge in [-0.3, -0.25) is 9.59 Å². The quantitative estimate of drug-likeness (QED) is 0.834. The number of likely N-dealkylation sites (tertiary alicyclic amines) is 1. The number of aromatic nitrogens is 1. The van der Waals surface area contributed by atoms with Gasteiger partial charge < -0.3 is 15.2 Å². The van der Waals surface area contributed by atoms with Crippen LogP contribution in [0.5, 0.6) is 0 Å². The van der Waals surface area contributed by atoms with E-state index in [9.17, 15) is 9.59 Å². The third-order valence-corrected chi connectivity index (χ3v) is 4.67. The molecule has 2 fully saturated rings. The zero-order valence-corrected chi connectivity index (χ0v) is 12.9. The summed E-state index contributed by atoms with van der Waals surface area (Å²) in [5.74, 6) is 0.496. The van der Waals surface area contributed by atoms with E-state index in [0.717, 1.165) is 26.1 Å². The van der Waals surface area contributed by atoms with E-state index in [0.29, 0.717) is 22.5 Å². The first-order chi connectivity index (χ1) is 10.2. The van der Waals surface area contributed by atoms with Gasteiger partial charge in [0.1, 0.15) is 5.69 Å². The number of benzene rings is 1. The zero-order valence-electron chi connectivity index (χ0n) is 12.0. The van der Waals surface area contributed by atoms with E-state index in [4.69, 9.17) is 0 Å². The molecule has 0 aliphatic carbocycles. The molecule has 0 saturated carbocycles. The molecule has 1 amide bonds. The van der Waals surface area contributed by atoms with Gasteiger partial charge in [0, 0.05) is 42.6 Å². The summed E-state index contributed by atoms with van der Waals surface area (Å²) in [6, 6.07) is 8.99. The van der Waals surface area contributed by atoms with Gasteiger partial charge in [-0.05, 0) is 24.5 Å². The van der Waals surface area contributed by atoms with E-state index in [2.05, 4.69) is 10.3 Å². The smallest absolute Gasteiger partial charge is 0.270 e. The van der Waals surface area contributed by atoms with Crippen molar-refractivity contribution in [2.45, 2.75) is 12.5 Å². The third kappa shape index (κ3) is 2.30. The lowest BCUT2D eigenvalue weighted by molar-refractivity contribution is 0.0731.